The molecule has 0 fully saturated rings. The van der Waals surface area contributed by atoms with E-state index in [1.165, 1.54) is 12.1 Å². The lowest BCUT2D eigenvalue weighted by Gasteiger charge is -2.11. The molecule has 15 heavy (non-hydrogen) atoms. The molecule has 82 valence electrons. The molecule has 0 bridgehead atoms. The van der Waals surface area contributed by atoms with Gasteiger partial charge >= 0.3 is 5.97 Å². The zero-order chi connectivity index (χ0) is 11.3. The van der Waals surface area contributed by atoms with Crippen LogP contribution in [0, 0.1) is 0 Å². The van der Waals surface area contributed by atoms with Gasteiger partial charge in [0.05, 0.1) is 11.7 Å². The minimum Gasteiger partial charge on any atom is -0.508 e. The molecule has 0 radical (unpaired) electrons. The summed E-state index contributed by atoms with van der Waals surface area (Å²) in [7, 11) is 0. The number of hydrogen-bond acceptors (Lipinski definition) is 3. The van der Waals surface area contributed by atoms with Crippen LogP contribution < -0.4 is 0 Å². The molecule has 1 aromatic carbocycles. The SMILES string of the molecule is CCCC(C)OC(=O)c1ccc(O)cc1. The molecule has 0 saturated carbocycles. The minimum atomic E-state index is -0.337. The predicted octanol–water partition coefficient (Wildman–Crippen LogP) is 2.74. The highest BCUT2D eigenvalue weighted by Gasteiger charge is 2.10. The molecule has 0 aliphatic carbocycles. The average molecular weight is 208 g/mol. The minimum absolute atomic E-state index is 0.0590. The van der Waals surface area contributed by atoms with Gasteiger partial charge in [-0.1, -0.05) is 13.3 Å². The van der Waals surface area contributed by atoms with Crippen molar-refractivity contribution in [1.29, 1.82) is 0 Å². The van der Waals surface area contributed by atoms with Crippen LogP contribution in [0.25, 0.3) is 0 Å². The number of esters is 1. The lowest BCUT2D eigenvalue weighted by atomic mass is 10.2. The number of rotatable bonds is 4. The van der Waals surface area contributed by atoms with E-state index in [2.05, 4.69) is 0 Å². The standard InChI is InChI=1S/C12H16O3/c1-3-4-9(2)15-12(14)10-5-7-11(13)8-6-10/h5-9,13H,3-4H2,1-2H3. The largest absolute Gasteiger partial charge is 0.508 e. The second kappa shape index (κ2) is 5.39. The Morgan fingerprint density at radius 1 is 1.40 bits per heavy atom. The lowest BCUT2D eigenvalue weighted by molar-refractivity contribution is 0.0323. The Hall–Kier alpha value is -1.51. The summed E-state index contributed by atoms with van der Waals surface area (Å²) in [6.07, 6.45) is 1.80. The van der Waals surface area contributed by atoms with E-state index in [4.69, 9.17) is 9.84 Å². The van der Waals surface area contributed by atoms with Crippen LogP contribution in [-0.4, -0.2) is 17.2 Å². The Kier molecular flexibility index (Phi) is 4.16. The van der Waals surface area contributed by atoms with Crippen LogP contribution in [-0.2, 0) is 4.74 Å². The third kappa shape index (κ3) is 3.62. The van der Waals surface area contributed by atoms with Gasteiger partial charge in [-0.05, 0) is 37.6 Å². The van der Waals surface area contributed by atoms with Gasteiger partial charge < -0.3 is 9.84 Å². The van der Waals surface area contributed by atoms with Crippen LogP contribution in [0.2, 0.25) is 0 Å². The number of carbonyl (C=O) groups is 1. The summed E-state index contributed by atoms with van der Waals surface area (Å²) in [4.78, 5) is 11.5. The Morgan fingerprint density at radius 3 is 2.53 bits per heavy atom. The monoisotopic (exact) mass is 208 g/mol. The van der Waals surface area contributed by atoms with Gasteiger partial charge in [0, 0.05) is 0 Å². The van der Waals surface area contributed by atoms with Gasteiger partial charge in [0.15, 0.2) is 0 Å². The quantitative estimate of drug-likeness (QED) is 0.774. The van der Waals surface area contributed by atoms with Crippen LogP contribution in [0.15, 0.2) is 24.3 Å². The van der Waals surface area contributed by atoms with Crippen molar-refractivity contribution >= 4 is 5.97 Å². The maximum absolute atomic E-state index is 11.5. The van der Waals surface area contributed by atoms with Crippen LogP contribution in [0.4, 0.5) is 0 Å². The Bertz CT molecular complexity index is 316. The van der Waals surface area contributed by atoms with Gasteiger partial charge in [-0.25, -0.2) is 4.79 Å². The van der Waals surface area contributed by atoms with Crippen LogP contribution in [0.3, 0.4) is 0 Å². The van der Waals surface area contributed by atoms with E-state index in [0.29, 0.717) is 5.56 Å². The first-order valence-corrected chi connectivity index (χ1v) is 5.13. The van der Waals surface area contributed by atoms with E-state index in [1.54, 1.807) is 12.1 Å². The molecule has 0 saturated heterocycles. The summed E-state index contributed by atoms with van der Waals surface area (Å²) < 4.78 is 5.20. The van der Waals surface area contributed by atoms with Crippen molar-refractivity contribution in [1.82, 2.24) is 0 Å². The van der Waals surface area contributed by atoms with E-state index in [0.717, 1.165) is 12.8 Å². The van der Waals surface area contributed by atoms with Gasteiger partial charge in [0.25, 0.3) is 0 Å². The number of carbonyl (C=O) groups excluding carboxylic acids is 1. The Balaban J connectivity index is 2.57. The third-order valence-electron chi connectivity index (χ3n) is 2.11. The highest BCUT2D eigenvalue weighted by molar-refractivity contribution is 5.89. The third-order valence-corrected chi connectivity index (χ3v) is 2.11. The highest BCUT2D eigenvalue weighted by Crippen LogP contribution is 2.12. The molecular weight excluding hydrogens is 192 g/mol. The number of aromatic hydroxyl groups is 1. The van der Waals surface area contributed by atoms with E-state index in [1.807, 2.05) is 13.8 Å². The summed E-state index contributed by atoms with van der Waals surface area (Å²) in [5.41, 5.74) is 0.468. The first-order chi connectivity index (χ1) is 7.13. The Labute approximate surface area is 89.7 Å². The maximum Gasteiger partial charge on any atom is 0.338 e. The molecule has 0 spiro atoms. The molecule has 1 rings (SSSR count). The molecule has 3 heteroatoms. The second-order valence-electron chi connectivity index (χ2n) is 3.55. The summed E-state index contributed by atoms with van der Waals surface area (Å²) >= 11 is 0. The second-order valence-corrected chi connectivity index (χ2v) is 3.55. The smallest absolute Gasteiger partial charge is 0.338 e. The van der Waals surface area contributed by atoms with Crippen molar-refractivity contribution in [2.24, 2.45) is 0 Å². The van der Waals surface area contributed by atoms with Crippen molar-refractivity contribution < 1.29 is 14.6 Å². The zero-order valence-electron chi connectivity index (χ0n) is 9.06. The molecule has 1 atom stereocenters. The van der Waals surface area contributed by atoms with Crippen LogP contribution in [0.5, 0.6) is 5.75 Å². The molecule has 0 heterocycles. The number of ether oxygens (including phenoxy) is 1. The van der Waals surface area contributed by atoms with Crippen molar-refractivity contribution in [3.8, 4) is 5.75 Å². The fourth-order valence-electron chi connectivity index (χ4n) is 1.31. The molecule has 0 amide bonds. The zero-order valence-corrected chi connectivity index (χ0v) is 9.06. The average Bonchev–Trinajstić information content (AvgIpc) is 2.18. The summed E-state index contributed by atoms with van der Waals surface area (Å²) in [5, 5.41) is 9.05. The topological polar surface area (TPSA) is 46.5 Å². The van der Waals surface area contributed by atoms with Crippen molar-refractivity contribution in [3.63, 3.8) is 0 Å². The molecular formula is C12H16O3. The maximum atomic E-state index is 11.5. The van der Waals surface area contributed by atoms with E-state index in [-0.39, 0.29) is 17.8 Å². The predicted molar refractivity (Wildman–Crippen MR) is 57.9 cm³/mol. The van der Waals surface area contributed by atoms with Crippen LogP contribution >= 0.6 is 0 Å². The number of hydrogen-bond donors (Lipinski definition) is 1. The number of phenols is 1. The highest BCUT2D eigenvalue weighted by atomic mass is 16.5. The van der Waals surface area contributed by atoms with Gasteiger partial charge in [0.2, 0.25) is 0 Å². The lowest BCUT2D eigenvalue weighted by Crippen LogP contribution is -2.14. The molecule has 3 nitrogen and oxygen atoms in total. The van der Waals surface area contributed by atoms with E-state index < -0.39 is 0 Å². The van der Waals surface area contributed by atoms with Gasteiger partial charge in [-0.2, -0.15) is 0 Å². The first kappa shape index (κ1) is 11.6. The summed E-state index contributed by atoms with van der Waals surface area (Å²) in [6.45, 7) is 3.92. The number of benzene rings is 1. The van der Waals surface area contributed by atoms with Gasteiger partial charge in [-0.3, -0.25) is 0 Å². The fourth-order valence-corrected chi connectivity index (χ4v) is 1.31. The molecule has 0 aliphatic rings. The van der Waals surface area contributed by atoms with Crippen molar-refractivity contribution in [2.45, 2.75) is 32.8 Å². The van der Waals surface area contributed by atoms with E-state index >= 15 is 0 Å². The van der Waals surface area contributed by atoms with Crippen molar-refractivity contribution in [3.05, 3.63) is 29.8 Å². The van der Waals surface area contributed by atoms with Gasteiger partial charge in [0.1, 0.15) is 5.75 Å². The molecule has 0 aromatic heterocycles. The molecule has 1 N–H and O–H groups in total. The normalized spacial score (nSPS) is 12.1. The first-order valence-electron chi connectivity index (χ1n) is 5.13. The summed E-state index contributed by atoms with van der Waals surface area (Å²) in [6, 6.07) is 6.05. The molecule has 1 unspecified atom stereocenters. The summed E-state index contributed by atoms with van der Waals surface area (Å²) in [5.74, 6) is -0.191. The fraction of sp³-hybridized carbons (Fsp3) is 0.417. The number of phenolic OH excluding ortho intramolecular Hbond substituents is 1. The van der Waals surface area contributed by atoms with Gasteiger partial charge in [-0.15, -0.1) is 0 Å². The van der Waals surface area contributed by atoms with Crippen LogP contribution in [0.1, 0.15) is 37.0 Å². The molecule has 1 aromatic rings. The van der Waals surface area contributed by atoms with Crippen molar-refractivity contribution in [2.75, 3.05) is 0 Å². The van der Waals surface area contributed by atoms with E-state index in [9.17, 15) is 4.79 Å². The molecule has 0 aliphatic heterocycles. The Morgan fingerprint density at radius 2 is 2.00 bits per heavy atom.